The van der Waals surface area contributed by atoms with E-state index < -0.39 is 0 Å². The van der Waals surface area contributed by atoms with Crippen molar-refractivity contribution in [2.75, 3.05) is 6.61 Å². The van der Waals surface area contributed by atoms with Crippen LogP contribution in [0.4, 0.5) is 0 Å². The predicted octanol–water partition coefficient (Wildman–Crippen LogP) is 6.88. The molecule has 4 rings (SSSR count). The van der Waals surface area contributed by atoms with Crippen molar-refractivity contribution in [2.45, 2.75) is 19.0 Å². The van der Waals surface area contributed by atoms with Gasteiger partial charge in [0.2, 0.25) is 0 Å². The van der Waals surface area contributed by atoms with Crippen LogP contribution in [0.5, 0.6) is 5.75 Å². The lowest BCUT2D eigenvalue weighted by atomic mass is 9.95. The van der Waals surface area contributed by atoms with E-state index in [4.69, 9.17) is 44.5 Å². The molecule has 3 nitrogen and oxygen atoms in total. The summed E-state index contributed by atoms with van der Waals surface area (Å²) in [7, 11) is 0. The second-order valence-electron chi connectivity index (χ2n) is 6.72. The van der Waals surface area contributed by atoms with Crippen molar-refractivity contribution < 1.29 is 4.74 Å². The van der Waals surface area contributed by atoms with E-state index in [2.05, 4.69) is 5.32 Å². The molecule has 0 aliphatic carbocycles. The van der Waals surface area contributed by atoms with Crippen LogP contribution in [-0.2, 0) is 0 Å². The number of benzene rings is 3. The molecule has 1 aliphatic heterocycles. The van der Waals surface area contributed by atoms with E-state index in [0.29, 0.717) is 21.7 Å². The Morgan fingerprint density at radius 1 is 0.828 bits per heavy atom. The molecule has 2 atom stereocenters. The van der Waals surface area contributed by atoms with Gasteiger partial charge in [0.1, 0.15) is 17.6 Å². The monoisotopic (exact) mass is 444 g/mol. The van der Waals surface area contributed by atoms with Crippen LogP contribution in [0.3, 0.4) is 0 Å². The van der Waals surface area contributed by atoms with E-state index in [9.17, 15) is 0 Å². The quantitative estimate of drug-likeness (QED) is 0.464. The number of ether oxygens (including phenoxy) is 1. The van der Waals surface area contributed by atoms with Gasteiger partial charge in [-0.25, -0.2) is 0 Å². The second-order valence-corrected chi connectivity index (χ2v) is 8.03. The summed E-state index contributed by atoms with van der Waals surface area (Å²) in [6.07, 6.45) is 0. The molecule has 1 heterocycles. The summed E-state index contributed by atoms with van der Waals surface area (Å²) in [6, 6.07) is 21.0. The molecule has 0 unspecified atom stereocenters. The van der Waals surface area contributed by atoms with Crippen LogP contribution in [0, 0.1) is 0 Å². The van der Waals surface area contributed by atoms with Gasteiger partial charge in [-0.2, -0.15) is 0 Å². The molecule has 0 radical (unpaired) electrons. The molecule has 0 fully saturated rings. The highest BCUT2D eigenvalue weighted by atomic mass is 35.5. The molecule has 29 heavy (non-hydrogen) atoms. The Hall–Kier alpha value is -2.20. The summed E-state index contributed by atoms with van der Waals surface area (Å²) in [5.74, 6) is 1.49. The molecule has 0 amide bonds. The van der Waals surface area contributed by atoms with Crippen molar-refractivity contribution in [3.63, 3.8) is 0 Å². The molecule has 148 valence electrons. The van der Waals surface area contributed by atoms with Crippen LogP contribution in [-0.4, -0.2) is 12.4 Å². The predicted molar refractivity (Wildman–Crippen MR) is 121 cm³/mol. The van der Waals surface area contributed by atoms with Gasteiger partial charge in [0, 0.05) is 15.1 Å². The van der Waals surface area contributed by atoms with Crippen molar-refractivity contribution in [3.05, 3.63) is 98.5 Å². The molecular weight excluding hydrogens is 427 g/mol. The van der Waals surface area contributed by atoms with Crippen molar-refractivity contribution in [3.8, 4) is 5.75 Å². The number of rotatable bonds is 5. The first-order valence-corrected chi connectivity index (χ1v) is 10.5. The van der Waals surface area contributed by atoms with E-state index in [1.807, 2.05) is 73.7 Å². The molecule has 3 aromatic rings. The highest BCUT2D eigenvalue weighted by Crippen LogP contribution is 2.39. The Labute approximate surface area is 185 Å². The molecule has 3 aromatic carbocycles. The van der Waals surface area contributed by atoms with Gasteiger partial charge in [0.05, 0.1) is 18.2 Å². The Bertz CT molecular complexity index is 1030. The Morgan fingerprint density at radius 3 is 2.03 bits per heavy atom. The summed E-state index contributed by atoms with van der Waals surface area (Å²) in [6.45, 7) is 2.51. The molecule has 0 saturated heterocycles. The van der Waals surface area contributed by atoms with E-state index in [0.717, 1.165) is 28.3 Å². The first kappa shape index (κ1) is 20.1. The molecule has 0 aromatic heterocycles. The number of amidine groups is 1. The fraction of sp³-hybridized carbons (Fsp3) is 0.174. The lowest BCUT2D eigenvalue weighted by molar-refractivity contribution is 0.339. The first-order chi connectivity index (χ1) is 14.0. The van der Waals surface area contributed by atoms with Crippen LogP contribution in [0.25, 0.3) is 0 Å². The Kier molecular flexibility index (Phi) is 6.00. The van der Waals surface area contributed by atoms with Gasteiger partial charge in [0.15, 0.2) is 0 Å². The number of nitrogens with zero attached hydrogens (tertiary/aromatic N) is 1. The summed E-state index contributed by atoms with van der Waals surface area (Å²) < 4.78 is 5.80. The van der Waals surface area contributed by atoms with Gasteiger partial charge in [-0.3, -0.25) is 4.99 Å². The number of hydrogen-bond donors (Lipinski definition) is 1. The molecule has 1 aliphatic rings. The molecule has 0 saturated carbocycles. The van der Waals surface area contributed by atoms with Gasteiger partial charge in [-0.1, -0.05) is 59.1 Å². The third-order valence-corrected chi connectivity index (χ3v) is 5.55. The van der Waals surface area contributed by atoms with Crippen molar-refractivity contribution >= 4 is 40.6 Å². The smallest absolute Gasteiger partial charge is 0.133 e. The number of nitrogens with one attached hydrogen (secondary N) is 1. The van der Waals surface area contributed by atoms with Crippen molar-refractivity contribution in [1.29, 1.82) is 0 Å². The van der Waals surface area contributed by atoms with Crippen LogP contribution < -0.4 is 10.1 Å². The van der Waals surface area contributed by atoms with Gasteiger partial charge in [-0.15, -0.1) is 0 Å². The van der Waals surface area contributed by atoms with Gasteiger partial charge in [-0.05, 0) is 60.5 Å². The zero-order chi connectivity index (χ0) is 20.4. The first-order valence-electron chi connectivity index (χ1n) is 9.33. The van der Waals surface area contributed by atoms with Gasteiger partial charge in [0.25, 0.3) is 0 Å². The number of halogens is 3. The maximum Gasteiger partial charge on any atom is 0.133 e. The van der Waals surface area contributed by atoms with Gasteiger partial charge >= 0.3 is 0 Å². The largest absolute Gasteiger partial charge is 0.493 e. The van der Waals surface area contributed by atoms with Crippen LogP contribution in [0.1, 0.15) is 35.7 Å². The van der Waals surface area contributed by atoms with E-state index in [-0.39, 0.29) is 12.1 Å². The molecule has 0 bridgehead atoms. The average molecular weight is 446 g/mol. The van der Waals surface area contributed by atoms with E-state index in [1.165, 1.54) is 0 Å². The minimum absolute atomic E-state index is 0.0584. The fourth-order valence-corrected chi connectivity index (χ4v) is 3.88. The van der Waals surface area contributed by atoms with E-state index in [1.54, 1.807) is 0 Å². The van der Waals surface area contributed by atoms with Crippen LogP contribution in [0.15, 0.2) is 71.7 Å². The van der Waals surface area contributed by atoms with Crippen molar-refractivity contribution in [1.82, 2.24) is 5.32 Å². The lowest BCUT2D eigenvalue weighted by Crippen LogP contribution is -2.25. The Balaban J connectivity index is 1.78. The number of hydrogen-bond acceptors (Lipinski definition) is 3. The van der Waals surface area contributed by atoms with Crippen LogP contribution >= 0.6 is 34.8 Å². The average Bonchev–Trinajstić information content (AvgIpc) is 3.16. The molecule has 1 N–H and O–H groups in total. The fourth-order valence-electron chi connectivity index (χ4n) is 3.46. The standard InChI is InChI=1S/C23H19Cl3N2O/c1-2-29-20-12-11-18(26)13-19(20)23-27-21(14-3-7-16(24)8-4-14)22(28-23)15-5-9-17(25)10-6-15/h3-13,21-22H,2H2,1H3,(H,27,28)/t21-,22+. The third kappa shape index (κ3) is 4.37. The molecular formula is C23H19Cl3N2O. The normalized spacial score (nSPS) is 18.3. The highest BCUT2D eigenvalue weighted by Gasteiger charge is 2.33. The molecule has 0 spiro atoms. The Morgan fingerprint density at radius 2 is 1.41 bits per heavy atom. The summed E-state index contributed by atoms with van der Waals surface area (Å²) in [4.78, 5) is 5.01. The maximum absolute atomic E-state index is 6.27. The van der Waals surface area contributed by atoms with E-state index >= 15 is 0 Å². The SMILES string of the molecule is CCOc1ccc(Cl)cc1C1=N[C@@H](c2ccc(Cl)cc2)[C@@H](c2ccc(Cl)cc2)N1. The summed E-state index contributed by atoms with van der Waals surface area (Å²) in [5.41, 5.74) is 3.00. The highest BCUT2D eigenvalue weighted by molar-refractivity contribution is 6.31. The van der Waals surface area contributed by atoms with Crippen LogP contribution in [0.2, 0.25) is 15.1 Å². The number of aliphatic imine (C=N–C) groups is 1. The topological polar surface area (TPSA) is 33.6 Å². The summed E-state index contributed by atoms with van der Waals surface area (Å²) in [5, 5.41) is 5.59. The van der Waals surface area contributed by atoms with Gasteiger partial charge < -0.3 is 10.1 Å². The second kappa shape index (κ2) is 8.66. The molecule has 6 heteroatoms. The minimum Gasteiger partial charge on any atom is -0.493 e. The van der Waals surface area contributed by atoms with Crippen molar-refractivity contribution in [2.24, 2.45) is 4.99 Å². The maximum atomic E-state index is 6.27. The lowest BCUT2D eigenvalue weighted by Gasteiger charge is -2.20. The minimum atomic E-state index is -0.128. The third-order valence-electron chi connectivity index (χ3n) is 4.81. The zero-order valence-electron chi connectivity index (χ0n) is 15.7. The zero-order valence-corrected chi connectivity index (χ0v) is 18.0. The summed E-state index contributed by atoms with van der Waals surface area (Å²) >= 11 is 18.5.